The molecule has 0 spiro atoms. The average Bonchev–Trinajstić information content (AvgIpc) is 3.88. The molecule has 0 fully saturated rings. The van der Waals surface area contributed by atoms with Gasteiger partial charge in [-0.25, -0.2) is 18.7 Å². The van der Waals surface area contributed by atoms with Crippen LogP contribution >= 0.6 is 0 Å². The van der Waals surface area contributed by atoms with Crippen LogP contribution in [0.25, 0.3) is 111 Å². The van der Waals surface area contributed by atoms with E-state index in [1.54, 1.807) is 12.1 Å². The van der Waals surface area contributed by atoms with Gasteiger partial charge in [0, 0.05) is 55.4 Å². The number of hydrogen-bond donors (Lipinski definition) is 0. The van der Waals surface area contributed by atoms with Gasteiger partial charge in [-0.05, 0) is 90.0 Å². The third-order valence-electron chi connectivity index (χ3n) is 12.5. The standard InChI is InChI=1S/C59H35F2N5/c60-43-30-42(31-44(61)34-43)48-29-37(36-62)23-26-56(48)66-55-22-12-9-19-47(55)50-32-40(24-27-58(50)66)49-33-41(25-28-57(49)65-53-20-10-7-17-45(53)46-18-8-11-21-54(46)65)52-35-51(38-13-3-1-4-14-38)63-59(64-52)39-15-5-2-6-16-39/h1-35H. The third-order valence-corrected chi connectivity index (χ3v) is 12.5. The minimum absolute atomic E-state index is 0.338. The molecular formula is C59H35F2N5. The summed E-state index contributed by atoms with van der Waals surface area (Å²) >= 11 is 0. The third kappa shape index (κ3) is 6.51. The van der Waals surface area contributed by atoms with Crippen LogP contribution in [0.2, 0.25) is 0 Å². The topological polar surface area (TPSA) is 59.4 Å². The molecule has 0 unspecified atom stereocenters. The van der Waals surface area contributed by atoms with E-state index in [1.165, 1.54) is 12.1 Å². The number of benzene rings is 9. The molecule has 310 valence electrons. The summed E-state index contributed by atoms with van der Waals surface area (Å²) in [6.07, 6.45) is 0. The van der Waals surface area contributed by atoms with Gasteiger partial charge in [0.2, 0.25) is 0 Å². The molecule has 3 heterocycles. The molecule has 0 radical (unpaired) electrons. The lowest BCUT2D eigenvalue weighted by Crippen LogP contribution is -2.00. The molecule has 12 aromatic rings. The van der Waals surface area contributed by atoms with Crippen LogP contribution in [0.15, 0.2) is 212 Å². The zero-order chi connectivity index (χ0) is 44.3. The summed E-state index contributed by atoms with van der Waals surface area (Å²) in [6.45, 7) is 0. The first-order chi connectivity index (χ1) is 32.5. The monoisotopic (exact) mass is 851 g/mol. The largest absolute Gasteiger partial charge is 0.309 e. The summed E-state index contributed by atoms with van der Waals surface area (Å²) in [4.78, 5) is 10.3. The molecule has 7 heteroatoms. The maximum absolute atomic E-state index is 14.8. The zero-order valence-corrected chi connectivity index (χ0v) is 35.2. The molecule has 0 atom stereocenters. The van der Waals surface area contributed by atoms with Gasteiger partial charge in [-0.1, -0.05) is 127 Å². The fraction of sp³-hybridized carbons (Fsp3) is 0. The predicted octanol–water partition coefficient (Wildman–Crippen LogP) is 15.2. The van der Waals surface area contributed by atoms with Crippen LogP contribution in [0, 0.1) is 23.0 Å². The average molecular weight is 852 g/mol. The second kappa shape index (κ2) is 15.7. The van der Waals surface area contributed by atoms with Crippen molar-refractivity contribution in [2.24, 2.45) is 0 Å². The van der Waals surface area contributed by atoms with Gasteiger partial charge in [0.05, 0.1) is 56.5 Å². The highest BCUT2D eigenvalue weighted by Gasteiger charge is 2.21. The lowest BCUT2D eigenvalue weighted by Gasteiger charge is -2.17. The first-order valence-electron chi connectivity index (χ1n) is 21.7. The first kappa shape index (κ1) is 38.7. The van der Waals surface area contributed by atoms with Gasteiger partial charge in [0.1, 0.15) is 11.6 Å². The second-order valence-electron chi connectivity index (χ2n) is 16.4. The number of para-hydroxylation sites is 3. The summed E-state index contributed by atoms with van der Waals surface area (Å²) in [7, 11) is 0. The number of aromatic nitrogens is 4. The normalized spacial score (nSPS) is 11.5. The highest BCUT2D eigenvalue weighted by Crippen LogP contribution is 2.42. The quantitative estimate of drug-likeness (QED) is 0.160. The number of hydrogen-bond acceptors (Lipinski definition) is 3. The molecule has 0 amide bonds. The van der Waals surface area contributed by atoms with Crippen molar-refractivity contribution in [2.45, 2.75) is 0 Å². The van der Waals surface area contributed by atoms with Crippen LogP contribution in [-0.4, -0.2) is 19.1 Å². The zero-order valence-electron chi connectivity index (χ0n) is 35.2. The Kier molecular flexibility index (Phi) is 9.18. The second-order valence-corrected chi connectivity index (χ2v) is 16.4. The minimum atomic E-state index is -0.694. The van der Waals surface area contributed by atoms with Gasteiger partial charge in [0.25, 0.3) is 0 Å². The summed E-state index contributed by atoms with van der Waals surface area (Å²) in [5.74, 6) is -0.751. The lowest BCUT2D eigenvalue weighted by molar-refractivity contribution is 0.584. The van der Waals surface area contributed by atoms with Crippen molar-refractivity contribution in [2.75, 3.05) is 0 Å². The Hall–Kier alpha value is -8.99. The molecule has 0 bridgehead atoms. The molecule has 0 saturated carbocycles. The van der Waals surface area contributed by atoms with Gasteiger partial charge >= 0.3 is 0 Å². The van der Waals surface area contributed by atoms with Gasteiger partial charge in [-0.15, -0.1) is 0 Å². The SMILES string of the molecule is N#Cc1ccc(-n2c3ccccc3c3cc(-c4cc(-c5cc(-c6ccccc6)nc(-c6ccccc6)n5)ccc4-n4c5ccccc5c5ccccc54)ccc32)c(-c2cc(F)cc(F)c2)c1. The maximum atomic E-state index is 14.8. The molecule has 5 nitrogen and oxygen atoms in total. The van der Waals surface area contributed by atoms with Crippen LogP contribution in [0.4, 0.5) is 8.78 Å². The fourth-order valence-electron chi connectivity index (χ4n) is 9.51. The van der Waals surface area contributed by atoms with Crippen molar-refractivity contribution in [1.82, 2.24) is 19.1 Å². The predicted molar refractivity (Wildman–Crippen MR) is 263 cm³/mol. The van der Waals surface area contributed by atoms with Crippen LogP contribution in [0.1, 0.15) is 5.56 Å². The number of fused-ring (bicyclic) bond motifs is 6. The summed E-state index contributed by atoms with van der Waals surface area (Å²) in [5.41, 5.74) is 13.4. The van der Waals surface area contributed by atoms with Crippen molar-refractivity contribution >= 4 is 43.6 Å². The minimum Gasteiger partial charge on any atom is -0.309 e. The van der Waals surface area contributed by atoms with E-state index in [9.17, 15) is 14.0 Å². The summed E-state index contributed by atoms with van der Waals surface area (Å²) < 4.78 is 34.1. The molecule has 9 aromatic carbocycles. The fourth-order valence-corrected chi connectivity index (χ4v) is 9.51. The molecule has 0 saturated heterocycles. The number of rotatable bonds is 7. The Morgan fingerprint density at radius 2 is 0.848 bits per heavy atom. The molecule has 0 N–H and O–H groups in total. The maximum Gasteiger partial charge on any atom is 0.160 e. The van der Waals surface area contributed by atoms with E-state index < -0.39 is 11.6 Å². The molecule has 0 aliphatic rings. The van der Waals surface area contributed by atoms with Crippen LogP contribution < -0.4 is 0 Å². The Morgan fingerprint density at radius 3 is 1.45 bits per heavy atom. The van der Waals surface area contributed by atoms with Crippen molar-refractivity contribution in [3.63, 3.8) is 0 Å². The number of nitriles is 1. The van der Waals surface area contributed by atoms with E-state index in [0.29, 0.717) is 28.2 Å². The van der Waals surface area contributed by atoms with E-state index in [0.717, 1.165) is 94.6 Å². The lowest BCUT2D eigenvalue weighted by atomic mass is 9.97. The summed E-state index contributed by atoms with van der Waals surface area (Å²) in [5, 5.41) is 14.3. The van der Waals surface area contributed by atoms with Gasteiger partial charge in [-0.3, -0.25) is 0 Å². The van der Waals surface area contributed by atoms with Crippen molar-refractivity contribution in [3.05, 3.63) is 230 Å². The van der Waals surface area contributed by atoms with E-state index >= 15 is 0 Å². The summed E-state index contributed by atoms with van der Waals surface area (Å²) in [6, 6.07) is 71.6. The van der Waals surface area contributed by atoms with E-state index in [4.69, 9.17) is 9.97 Å². The first-order valence-corrected chi connectivity index (χ1v) is 21.7. The molecule has 66 heavy (non-hydrogen) atoms. The molecular weight excluding hydrogens is 817 g/mol. The van der Waals surface area contributed by atoms with Gasteiger partial charge < -0.3 is 9.13 Å². The van der Waals surface area contributed by atoms with Crippen molar-refractivity contribution in [1.29, 1.82) is 5.26 Å². The molecule has 12 rings (SSSR count). The molecule has 3 aromatic heterocycles. The van der Waals surface area contributed by atoms with Crippen LogP contribution in [0.3, 0.4) is 0 Å². The van der Waals surface area contributed by atoms with E-state index in [1.807, 2.05) is 66.7 Å². The highest BCUT2D eigenvalue weighted by atomic mass is 19.1. The Labute approximate surface area is 378 Å². The van der Waals surface area contributed by atoms with Crippen LogP contribution in [-0.2, 0) is 0 Å². The Bertz CT molecular complexity index is 3790. The van der Waals surface area contributed by atoms with Gasteiger partial charge in [-0.2, -0.15) is 5.26 Å². The number of halogens is 2. The van der Waals surface area contributed by atoms with E-state index in [2.05, 4.69) is 130 Å². The van der Waals surface area contributed by atoms with Crippen molar-refractivity contribution < 1.29 is 8.78 Å². The molecule has 0 aliphatic carbocycles. The van der Waals surface area contributed by atoms with E-state index in [-0.39, 0.29) is 0 Å². The smallest absolute Gasteiger partial charge is 0.160 e. The van der Waals surface area contributed by atoms with Crippen molar-refractivity contribution in [3.8, 4) is 73.6 Å². The molecule has 0 aliphatic heterocycles. The Balaban J connectivity index is 1.12. The van der Waals surface area contributed by atoms with Gasteiger partial charge in [0.15, 0.2) is 5.82 Å². The Morgan fingerprint density at radius 1 is 0.364 bits per heavy atom. The van der Waals surface area contributed by atoms with Crippen LogP contribution in [0.5, 0.6) is 0 Å². The number of nitrogens with zero attached hydrogens (tertiary/aromatic N) is 5. The highest BCUT2D eigenvalue weighted by molar-refractivity contribution is 6.12.